The van der Waals surface area contributed by atoms with Crippen molar-refractivity contribution >= 4 is 31.6 Å². The Balaban J connectivity index is 2.27. The summed E-state index contributed by atoms with van der Waals surface area (Å²) < 4.78 is 44.9. The Morgan fingerprint density at radius 3 is 2.60 bits per heavy atom. The van der Waals surface area contributed by atoms with Gasteiger partial charge in [-0.2, -0.15) is 0 Å². The third-order valence-corrected chi connectivity index (χ3v) is 4.42. The molecule has 0 aliphatic heterocycles. The zero-order valence-electron chi connectivity index (χ0n) is 10.3. The molecule has 0 aliphatic carbocycles. The Kier molecular flexibility index (Phi) is 4.24. The molecule has 0 fully saturated rings. The van der Waals surface area contributed by atoms with Crippen LogP contribution in [0.1, 0.15) is 0 Å². The lowest BCUT2D eigenvalue weighted by atomic mass is 10.3. The van der Waals surface area contributed by atoms with Gasteiger partial charge in [-0.25, -0.2) is 17.8 Å². The van der Waals surface area contributed by atoms with Crippen LogP contribution in [0.5, 0.6) is 5.88 Å². The summed E-state index contributed by atoms with van der Waals surface area (Å²) >= 11 is 2.96. The molecule has 8 heteroatoms. The average Bonchev–Trinajstić information content (AvgIpc) is 2.42. The lowest BCUT2D eigenvalue weighted by Crippen LogP contribution is -2.13. The van der Waals surface area contributed by atoms with E-state index in [9.17, 15) is 12.8 Å². The van der Waals surface area contributed by atoms with Crippen LogP contribution in [0.15, 0.2) is 45.9 Å². The number of halogens is 2. The number of hydrogen-bond acceptors (Lipinski definition) is 4. The van der Waals surface area contributed by atoms with Crippen LogP contribution >= 0.6 is 15.9 Å². The highest BCUT2D eigenvalue weighted by Crippen LogP contribution is 2.21. The van der Waals surface area contributed by atoms with Crippen LogP contribution in [0.25, 0.3) is 0 Å². The van der Waals surface area contributed by atoms with Gasteiger partial charge in [0.15, 0.2) is 0 Å². The lowest BCUT2D eigenvalue weighted by molar-refractivity contribution is 0.398. The van der Waals surface area contributed by atoms with E-state index in [-0.39, 0.29) is 15.1 Å². The van der Waals surface area contributed by atoms with Gasteiger partial charge in [0.05, 0.1) is 28.4 Å². The van der Waals surface area contributed by atoms with Crippen LogP contribution in [0.3, 0.4) is 0 Å². The topological polar surface area (TPSA) is 68.3 Å². The largest absolute Gasteiger partial charge is 0.481 e. The zero-order chi connectivity index (χ0) is 14.8. The molecule has 0 amide bonds. The monoisotopic (exact) mass is 360 g/mol. The van der Waals surface area contributed by atoms with Crippen molar-refractivity contribution in [3.63, 3.8) is 0 Å². The van der Waals surface area contributed by atoms with Gasteiger partial charge < -0.3 is 4.74 Å². The molecule has 5 nitrogen and oxygen atoms in total. The summed E-state index contributed by atoms with van der Waals surface area (Å²) in [6.07, 6.45) is 1.31. The summed E-state index contributed by atoms with van der Waals surface area (Å²) in [5, 5.41) is 0. The molecule has 0 spiro atoms. The molecule has 0 unspecified atom stereocenters. The number of methoxy groups -OCH3 is 1. The third kappa shape index (κ3) is 3.26. The molecule has 20 heavy (non-hydrogen) atoms. The number of aromatic nitrogens is 1. The normalized spacial score (nSPS) is 11.2. The van der Waals surface area contributed by atoms with Gasteiger partial charge in [0.25, 0.3) is 10.0 Å². The first kappa shape index (κ1) is 14.7. The fraction of sp³-hybridized carbons (Fsp3) is 0.0833. The minimum Gasteiger partial charge on any atom is -0.481 e. The van der Waals surface area contributed by atoms with E-state index in [1.165, 1.54) is 37.6 Å². The van der Waals surface area contributed by atoms with Gasteiger partial charge in [0, 0.05) is 6.07 Å². The fourth-order valence-corrected chi connectivity index (χ4v) is 2.72. The quantitative estimate of drug-likeness (QED) is 0.909. The van der Waals surface area contributed by atoms with Crippen LogP contribution in [0.2, 0.25) is 0 Å². The Labute approximate surface area is 124 Å². The van der Waals surface area contributed by atoms with Crippen molar-refractivity contribution in [2.24, 2.45) is 0 Å². The van der Waals surface area contributed by atoms with E-state index < -0.39 is 15.8 Å². The van der Waals surface area contributed by atoms with Gasteiger partial charge >= 0.3 is 0 Å². The fourth-order valence-electron chi connectivity index (χ4n) is 1.42. The smallest absolute Gasteiger partial charge is 0.262 e. The van der Waals surface area contributed by atoms with Gasteiger partial charge in [-0.3, -0.25) is 4.72 Å². The van der Waals surface area contributed by atoms with E-state index in [4.69, 9.17) is 4.74 Å². The summed E-state index contributed by atoms with van der Waals surface area (Å²) in [5.41, 5.74) is 0.258. The van der Waals surface area contributed by atoms with Gasteiger partial charge in [-0.15, -0.1) is 0 Å². The van der Waals surface area contributed by atoms with Crippen molar-refractivity contribution in [3.05, 3.63) is 46.8 Å². The predicted molar refractivity (Wildman–Crippen MR) is 75.7 cm³/mol. The molecule has 0 saturated heterocycles. The van der Waals surface area contributed by atoms with Crippen LogP contribution in [-0.4, -0.2) is 20.5 Å². The zero-order valence-corrected chi connectivity index (χ0v) is 12.7. The van der Waals surface area contributed by atoms with E-state index >= 15 is 0 Å². The second-order valence-corrected chi connectivity index (χ2v) is 6.31. The Hall–Kier alpha value is -1.67. The van der Waals surface area contributed by atoms with E-state index in [2.05, 4.69) is 25.6 Å². The molecule has 0 saturated carbocycles. The molecule has 1 aromatic carbocycles. The van der Waals surface area contributed by atoms with Crippen molar-refractivity contribution < 1.29 is 17.5 Å². The number of ether oxygens (including phenoxy) is 1. The maximum Gasteiger partial charge on any atom is 0.262 e. The Morgan fingerprint density at radius 1 is 1.30 bits per heavy atom. The molecule has 1 heterocycles. The number of anilines is 1. The minimum absolute atomic E-state index is 0.172. The van der Waals surface area contributed by atoms with E-state index in [0.717, 1.165) is 6.07 Å². The number of nitrogens with one attached hydrogen (secondary N) is 1. The first-order chi connectivity index (χ1) is 9.42. The number of rotatable bonds is 4. The highest BCUT2D eigenvalue weighted by atomic mass is 79.9. The lowest BCUT2D eigenvalue weighted by Gasteiger charge is -2.08. The molecular formula is C12H10BrFN2O3S. The van der Waals surface area contributed by atoms with Crippen molar-refractivity contribution in [2.45, 2.75) is 4.90 Å². The van der Waals surface area contributed by atoms with Crippen molar-refractivity contribution in [1.29, 1.82) is 0 Å². The van der Waals surface area contributed by atoms with E-state index in [1.54, 1.807) is 0 Å². The molecule has 1 aromatic heterocycles. The van der Waals surface area contributed by atoms with Gasteiger partial charge in [0.1, 0.15) is 5.82 Å². The van der Waals surface area contributed by atoms with Crippen LogP contribution < -0.4 is 9.46 Å². The summed E-state index contributed by atoms with van der Waals surface area (Å²) in [7, 11) is -2.41. The highest BCUT2D eigenvalue weighted by molar-refractivity contribution is 9.10. The number of nitrogens with zero attached hydrogens (tertiary/aromatic N) is 1. The van der Waals surface area contributed by atoms with Crippen molar-refractivity contribution in [2.75, 3.05) is 11.8 Å². The first-order valence-electron chi connectivity index (χ1n) is 5.40. The maximum atomic E-state index is 13.4. The third-order valence-electron chi connectivity index (χ3n) is 2.40. The summed E-state index contributed by atoms with van der Waals surface area (Å²) in [6.45, 7) is 0. The number of pyridine rings is 1. The molecule has 0 atom stereocenters. The second kappa shape index (κ2) is 5.76. The predicted octanol–water partition coefficient (Wildman–Crippen LogP) is 2.79. The first-order valence-corrected chi connectivity index (χ1v) is 7.68. The Morgan fingerprint density at radius 2 is 2.05 bits per heavy atom. The standard InChI is InChI=1S/C12H10BrFN2O3S/c1-19-12-5-2-8(7-15-12)16-20(17,18)9-3-4-10(13)11(14)6-9/h2-7,16H,1H3. The number of hydrogen-bond donors (Lipinski definition) is 1. The molecule has 106 valence electrons. The highest BCUT2D eigenvalue weighted by Gasteiger charge is 2.16. The van der Waals surface area contributed by atoms with Gasteiger partial charge in [-0.1, -0.05) is 0 Å². The maximum absolute atomic E-state index is 13.4. The number of sulfonamides is 1. The molecule has 2 rings (SSSR count). The molecular weight excluding hydrogens is 351 g/mol. The summed E-state index contributed by atoms with van der Waals surface area (Å²) in [4.78, 5) is 3.70. The van der Waals surface area contributed by atoms with Crippen molar-refractivity contribution in [3.8, 4) is 5.88 Å². The van der Waals surface area contributed by atoms with Gasteiger partial charge in [0.2, 0.25) is 5.88 Å². The molecule has 2 aromatic rings. The minimum atomic E-state index is -3.86. The molecule has 1 N–H and O–H groups in total. The van der Waals surface area contributed by atoms with Crippen LogP contribution in [-0.2, 0) is 10.0 Å². The molecule has 0 aliphatic rings. The number of benzene rings is 1. The molecule has 0 radical (unpaired) electrons. The van der Waals surface area contributed by atoms with Crippen molar-refractivity contribution in [1.82, 2.24) is 4.98 Å². The van der Waals surface area contributed by atoms with Gasteiger partial charge in [-0.05, 0) is 40.2 Å². The van der Waals surface area contributed by atoms with E-state index in [1.807, 2.05) is 0 Å². The van der Waals surface area contributed by atoms with Crippen LogP contribution in [0.4, 0.5) is 10.1 Å². The second-order valence-electron chi connectivity index (χ2n) is 3.77. The summed E-state index contributed by atoms with van der Waals surface area (Å²) in [5.74, 6) is -0.289. The molecule has 0 bridgehead atoms. The van der Waals surface area contributed by atoms with E-state index in [0.29, 0.717) is 5.88 Å². The Bertz CT molecular complexity index is 720. The SMILES string of the molecule is COc1ccc(NS(=O)(=O)c2ccc(Br)c(F)c2)cn1. The summed E-state index contributed by atoms with van der Waals surface area (Å²) in [6, 6.07) is 6.57. The average molecular weight is 361 g/mol. The van der Waals surface area contributed by atoms with Crippen LogP contribution in [0, 0.1) is 5.82 Å².